The Morgan fingerprint density at radius 2 is 1.96 bits per heavy atom. The highest BCUT2D eigenvalue weighted by Gasteiger charge is 2.09. The van der Waals surface area contributed by atoms with Crippen LogP contribution in [0.15, 0.2) is 47.5 Å². The minimum atomic E-state index is -0.351. The normalized spacial score (nSPS) is 11.7. The van der Waals surface area contributed by atoms with Gasteiger partial charge < -0.3 is 20.3 Å². The lowest BCUT2D eigenvalue weighted by molar-refractivity contribution is 0.405. The Kier molecular flexibility index (Phi) is 5.53. The van der Waals surface area contributed by atoms with Gasteiger partial charge in [-0.1, -0.05) is 0 Å². The minimum Gasteiger partial charge on any atom is -0.494 e. The number of benzene rings is 2. The van der Waals surface area contributed by atoms with E-state index in [1.807, 2.05) is 24.3 Å². The Labute approximate surface area is 152 Å². The first-order valence-electron chi connectivity index (χ1n) is 8.56. The Balaban J connectivity index is 1.67. The second-order valence-electron chi connectivity index (χ2n) is 6.47. The molecule has 0 atom stereocenters. The van der Waals surface area contributed by atoms with Crippen LogP contribution in [0.25, 0.3) is 10.9 Å². The molecule has 2 aromatic carbocycles. The maximum Gasteiger partial charge on any atom is 0.198 e. The summed E-state index contributed by atoms with van der Waals surface area (Å²) in [5.41, 5.74) is 2.92. The Hall–Kier alpha value is -2.86. The molecule has 0 aliphatic rings. The summed E-state index contributed by atoms with van der Waals surface area (Å²) in [6.45, 7) is 1.97. The van der Waals surface area contributed by atoms with E-state index in [0.717, 1.165) is 36.3 Å². The van der Waals surface area contributed by atoms with E-state index in [1.165, 1.54) is 12.1 Å². The summed E-state index contributed by atoms with van der Waals surface area (Å²) >= 11 is 0. The Bertz CT molecular complexity index is 900. The van der Waals surface area contributed by atoms with Crippen molar-refractivity contribution in [2.75, 3.05) is 32.5 Å². The van der Waals surface area contributed by atoms with Crippen LogP contribution in [0, 0.1) is 5.82 Å². The van der Waals surface area contributed by atoms with Crippen molar-refractivity contribution in [2.45, 2.75) is 6.42 Å². The number of H-pyrrole nitrogens is 1. The van der Waals surface area contributed by atoms with Crippen molar-refractivity contribution in [3.63, 3.8) is 0 Å². The number of aromatic hydroxyl groups is 1. The number of fused-ring (bicyclic) bond motifs is 1. The van der Waals surface area contributed by atoms with E-state index in [9.17, 15) is 9.50 Å². The number of nitrogens with one attached hydrogen (secondary N) is 2. The second kappa shape index (κ2) is 8.01. The van der Waals surface area contributed by atoms with Gasteiger partial charge >= 0.3 is 0 Å². The van der Waals surface area contributed by atoms with Crippen molar-refractivity contribution >= 4 is 28.5 Å². The summed E-state index contributed by atoms with van der Waals surface area (Å²) in [7, 11) is 4.13. The number of hydrogen-bond donors (Lipinski definition) is 3. The lowest BCUT2D eigenvalue weighted by Crippen LogP contribution is -2.16. The average molecular weight is 354 g/mol. The molecule has 6 heteroatoms. The molecule has 5 nitrogen and oxygen atoms in total. The zero-order chi connectivity index (χ0) is 18.5. The Morgan fingerprint density at radius 3 is 2.69 bits per heavy atom. The van der Waals surface area contributed by atoms with Crippen molar-refractivity contribution in [3.8, 4) is 5.88 Å². The van der Waals surface area contributed by atoms with Gasteiger partial charge in [-0.15, -0.1) is 0 Å². The maximum absolute atomic E-state index is 13.3. The maximum atomic E-state index is 13.3. The molecule has 136 valence electrons. The molecule has 0 saturated heterocycles. The highest BCUT2D eigenvalue weighted by atomic mass is 19.1. The van der Waals surface area contributed by atoms with Gasteiger partial charge in [0, 0.05) is 23.8 Å². The first kappa shape index (κ1) is 17.9. The van der Waals surface area contributed by atoms with E-state index in [1.54, 1.807) is 12.3 Å². The third kappa shape index (κ3) is 4.40. The number of aromatic nitrogens is 1. The molecule has 0 fully saturated rings. The second-order valence-corrected chi connectivity index (χ2v) is 6.47. The third-order valence-corrected chi connectivity index (χ3v) is 4.10. The fourth-order valence-electron chi connectivity index (χ4n) is 2.74. The van der Waals surface area contributed by atoms with Crippen molar-refractivity contribution in [1.82, 2.24) is 9.88 Å². The fourth-order valence-corrected chi connectivity index (χ4v) is 2.74. The van der Waals surface area contributed by atoms with Crippen LogP contribution in [0.3, 0.4) is 0 Å². The molecule has 0 radical (unpaired) electrons. The summed E-state index contributed by atoms with van der Waals surface area (Å²) < 4.78 is 13.3. The summed E-state index contributed by atoms with van der Waals surface area (Å²) in [5, 5.41) is 14.1. The number of nitrogens with zero attached hydrogens (tertiary/aromatic N) is 2. The van der Waals surface area contributed by atoms with Crippen LogP contribution in [0.5, 0.6) is 5.88 Å². The van der Waals surface area contributed by atoms with Gasteiger partial charge in [-0.25, -0.2) is 4.39 Å². The van der Waals surface area contributed by atoms with Crippen molar-refractivity contribution in [1.29, 1.82) is 0 Å². The van der Waals surface area contributed by atoms with Gasteiger partial charge in [0.15, 0.2) is 5.88 Å². The van der Waals surface area contributed by atoms with Gasteiger partial charge in [-0.3, -0.25) is 4.99 Å². The number of anilines is 1. The first-order chi connectivity index (χ1) is 12.5. The van der Waals surface area contributed by atoms with E-state index in [0.29, 0.717) is 11.1 Å². The van der Waals surface area contributed by atoms with Crippen LogP contribution in [0.2, 0.25) is 0 Å². The molecular formula is C20H23FN4O. The highest BCUT2D eigenvalue weighted by Crippen LogP contribution is 2.27. The summed E-state index contributed by atoms with van der Waals surface area (Å²) in [5.74, 6) is -0.371. The SMILES string of the molecule is CN(C)CCCNc1ccc(N=Cc2c(O)[nH]c3cc(F)ccc23)cc1. The van der Waals surface area contributed by atoms with Gasteiger partial charge in [0.05, 0.1) is 16.8 Å². The zero-order valence-corrected chi connectivity index (χ0v) is 15.0. The molecular weight excluding hydrogens is 331 g/mol. The van der Waals surface area contributed by atoms with E-state index in [2.05, 4.69) is 34.3 Å². The molecule has 3 N–H and O–H groups in total. The lowest BCUT2D eigenvalue weighted by atomic mass is 10.2. The zero-order valence-electron chi connectivity index (χ0n) is 15.0. The smallest absolute Gasteiger partial charge is 0.198 e. The molecule has 0 aliphatic carbocycles. The van der Waals surface area contributed by atoms with Gasteiger partial charge in [0.2, 0.25) is 0 Å². The highest BCUT2D eigenvalue weighted by molar-refractivity contribution is 6.02. The van der Waals surface area contributed by atoms with Crippen LogP contribution >= 0.6 is 0 Å². The van der Waals surface area contributed by atoms with Crippen LogP contribution in [0.4, 0.5) is 15.8 Å². The number of hydrogen-bond acceptors (Lipinski definition) is 4. The molecule has 0 amide bonds. The quantitative estimate of drug-likeness (QED) is 0.442. The standard InChI is InChI=1S/C20H23FN4O/c1-25(2)11-3-10-22-15-5-7-16(8-6-15)23-13-18-17-9-4-14(21)12-19(17)24-20(18)26/h4-9,12-13,22,24,26H,3,10-11H2,1-2H3. The van der Waals surface area contributed by atoms with Gasteiger partial charge in [-0.2, -0.15) is 0 Å². The topological polar surface area (TPSA) is 63.6 Å². The van der Waals surface area contributed by atoms with E-state index in [4.69, 9.17) is 0 Å². The summed E-state index contributed by atoms with van der Waals surface area (Å²) in [6.07, 6.45) is 2.67. The molecule has 26 heavy (non-hydrogen) atoms. The monoisotopic (exact) mass is 354 g/mol. The van der Waals surface area contributed by atoms with Crippen LogP contribution < -0.4 is 5.32 Å². The molecule has 1 heterocycles. The van der Waals surface area contributed by atoms with E-state index < -0.39 is 0 Å². The minimum absolute atomic E-state index is 0.0199. The molecule has 0 unspecified atom stereocenters. The average Bonchev–Trinajstić information content (AvgIpc) is 2.92. The number of aliphatic imine (C=N–C) groups is 1. The van der Waals surface area contributed by atoms with Gasteiger partial charge in [0.25, 0.3) is 0 Å². The van der Waals surface area contributed by atoms with Crippen molar-refractivity contribution in [3.05, 3.63) is 53.8 Å². The number of rotatable bonds is 7. The van der Waals surface area contributed by atoms with Gasteiger partial charge in [-0.05, 0) is 69.5 Å². The van der Waals surface area contributed by atoms with Crippen LogP contribution in [-0.2, 0) is 0 Å². The summed E-state index contributed by atoms with van der Waals surface area (Å²) in [6, 6.07) is 12.1. The molecule has 0 aliphatic heterocycles. The summed E-state index contributed by atoms with van der Waals surface area (Å²) in [4.78, 5) is 9.33. The molecule has 0 bridgehead atoms. The number of halogens is 1. The fraction of sp³-hybridized carbons (Fsp3) is 0.250. The molecule has 3 rings (SSSR count). The van der Waals surface area contributed by atoms with E-state index >= 15 is 0 Å². The molecule has 0 saturated carbocycles. The largest absolute Gasteiger partial charge is 0.494 e. The first-order valence-corrected chi connectivity index (χ1v) is 8.56. The van der Waals surface area contributed by atoms with Crippen LogP contribution in [-0.4, -0.2) is 48.4 Å². The molecule has 1 aromatic heterocycles. The third-order valence-electron chi connectivity index (χ3n) is 4.10. The lowest BCUT2D eigenvalue weighted by Gasteiger charge is -2.10. The van der Waals surface area contributed by atoms with E-state index in [-0.39, 0.29) is 11.7 Å². The Morgan fingerprint density at radius 1 is 1.19 bits per heavy atom. The van der Waals surface area contributed by atoms with Crippen molar-refractivity contribution in [2.24, 2.45) is 4.99 Å². The predicted octanol–water partition coefficient (Wildman–Crippen LogP) is 4.13. The predicted molar refractivity (Wildman–Crippen MR) is 105 cm³/mol. The van der Waals surface area contributed by atoms with Crippen LogP contribution in [0.1, 0.15) is 12.0 Å². The molecule has 3 aromatic rings. The molecule has 0 spiro atoms. The number of aromatic amines is 1. The van der Waals surface area contributed by atoms with Crippen molar-refractivity contribution < 1.29 is 9.50 Å². The van der Waals surface area contributed by atoms with Gasteiger partial charge in [0.1, 0.15) is 5.82 Å².